The SMILES string of the molecule is Nc1ccccc1CNS(=O)(=O)c1ccc(Br)cc1. The van der Waals surface area contributed by atoms with Crippen LogP contribution in [0, 0.1) is 0 Å². The van der Waals surface area contributed by atoms with Gasteiger partial charge in [-0.25, -0.2) is 13.1 Å². The number of halogens is 1. The van der Waals surface area contributed by atoms with Crippen LogP contribution < -0.4 is 10.5 Å². The van der Waals surface area contributed by atoms with E-state index in [1.165, 1.54) is 0 Å². The number of sulfonamides is 1. The Morgan fingerprint density at radius 1 is 1.05 bits per heavy atom. The molecule has 0 bridgehead atoms. The van der Waals surface area contributed by atoms with E-state index in [4.69, 9.17) is 5.73 Å². The number of para-hydroxylation sites is 1. The van der Waals surface area contributed by atoms with Gasteiger partial charge in [0.1, 0.15) is 0 Å². The van der Waals surface area contributed by atoms with Crippen molar-refractivity contribution >= 4 is 31.6 Å². The van der Waals surface area contributed by atoms with Crippen LogP contribution in [0.4, 0.5) is 5.69 Å². The molecule has 3 N–H and O–H groups in total. The van der Waals surface area contributed by atoms with Crippen molar-refractivity contribution in [1.82, 2.24) is 4.72 Å². The fourth-order valence-electron chi connectivity index (χ4n) is 1.57. The summed E-state index contributed by atoms with van der Waals surface area (Å²) in [6.07, 6.45) is 0. The van der Waals surface area contributed by atoms with Gasteiger partial charge in [0.2, 0.25) is 10.0 Å². The second kappa shape index (κ2) is 5.73. The maximum absolute atomic E-state index is 12.1. The summed E-state index contributed by atoms with van der Waals surface area (Å²) in [6.45, 7) is 0.172. The molecular formula is C13H13BrN2O2S. The van der Waals surface area contributed by atoms with Crippen LogP contribution >= 0.6 is 15.9 Å². The first-order valence-corrected chi connectivity index (χ1v) is 7.85. The fraction of sp³-hybridized carbons (Fsp3) is 0.0769. The molecule has 19 heavy (non-hydrogen) atoms. The molecule has 0 heterocycles. The van der Waals surface area contributed by atoms with Crippen LogP contribution in [0.1, 0.15) is 5.56 Å². The maximum atomic E-state index is 12.1. The minimum atomic E-state index is -3.52. The topological polar surface area (TPSA) is 72.2 Å². The number of nitrogen functional groups attached to an aromatic ring is 1. The Balaban J connectivity index is 2.14. The number of benzene rings is 2. The average Bonchev–Trinajstić information content (AvgIpc) is 2.38. The quantitative estimate of drug-likeness (QED) is 0.840. The number of hydrogen-bond donors (Lipinski definition) is 2. The highest BCUT2D eigenvalue weighted by atomic mass is 79.9. The molecule has 0 unspecified atom stereocenters. The van der Waals surface area contributed by atoms with Crippen molar-refractivity contribution in [3.63, 3.8) is 0 Å². The Morgan fingerprint density at radius 3 is 2.32 bits per heavy atom. The summed E-state index contributed by atoms with van der Waals surface area (Å²) in [4.78, 5) is 0.227. The predicted molar refractivity (Wildman–Crippen MR) is 79.0 cm³/mol. The van der Waals surface area contributed by atoms with E-state index in [2.05, 4.69) is 20.7 Å². The molecule has 2 aromatic rings. The van der Waals surface area contributed by atoms with Crippen LogP contribution in [-0.2, 0) is 16.6 Å². The van der Waals surface area contributed by atoms with Crippen LogP contribution in [0.5, 0.6) is 0 Å². The number of nitrogens with two attached hydrogens (primary N) is 1. The molecule has 0 aromatic heterocycles. The highest BCUT2D eigenvalue weighted by Gasteiger charge is 2.13. The van der Waals surface area contributed by atoms with E-state index in [9.17, 15) is 8.42 Å². The number of hydrogen-bond acceptors (Lipinski definition) is 3. The molecule has 0 radical (unpaired) electrons. The van der Waals surface area contributed by atoms with Crippen molar-refractivity contribution in [3.05, 3.63) is 58.6 Å². The highest BCUT2D eigenvalue weighted by Crippen LogP contribution is 2.16. The van der Waals surface area contributed by atoms with Gasteiger partial charge in [-0.1, -0.05) is 34.1 Å². The van der Waals surface area contributed by atoms with Crippen molar-refractivity contribution < 1.29 is 8.42 Å². The molecule has 0 aliphatic heterocycles. The van der Waals surface area contributed by atoms with Crippen LogP contribution in [0.2, 0.25) is 0 Å². The Morgan fingerprint density at radius 2 is 1.68 bits per heavy atom. The standard InChI is InChI=1S/C13H13BrN2O2S/c14-11-5-7-12(8-6-11)19(17,18)16-9-10-3-1-2-4-13(10)15/h1-8,16H,9,15H2. The smallest absolute Gasteiger partial charge is 0.240 e. The van der Waals surface area contributed by atoms with Crippen molar-refractivity contribution in [2.75, 3.05) is 5.73 Å². The molecule has 0 spiro atoms. The maximum Gasteiger partial charge on any atom is 0.240 e. The van der Waals surface area contributed by atoms with E-state index in [1.807, 2.05) is 12.1 Å². The van der Waals surface area contributed by atoms with Gasteiger partial charge < -0.3 is 5.73 Å². The largest absolute Gasteiger partial charge is 0.398 e. The second-order valence-electron chi connectivity index (χ2n) is 3.98. The molecule has 0 atom stereocenters. The summed E-state index contributed by atoms with van der Waals surface area (Å²) in [5, 5.41) is 0. The van der Waals surface area contributed by atoms with Gasteiger partial charge in [0, 0.05) is 16.7 Å². The monoisotopic (exact) mass is 340 g/mol. The normalized spacial score (nSPS) is 11.4. The van der Waals surface area contributed by atoms with Gasteiger partial charge in [-0.3, -0.25) is 0 Å². The van der Waals surface area contributed by atoms with E-state index < -0.39 is 10.0 Å². The van der Waals surface area contributed by atoms with Crippen LogP contribution in [0.25, 0.3) is 0 Å². The van der Waals surface area contributed by atoms with Crippen molar-refractivity contribution in [2.45, 2.75) is 11.4 Å². The second-order valence-corrected chi connectivity index (χ2v) is 6.66. The van der Waals surface area contributed by atoms with Crippen molar-refractivity contribution in [3.8, 4) is 0 Å². The first-order chi connectivity index (χ1) is 8.99. The molecule has 0 amide bonds. The zero-order valence-corrected chi connectivity index (χ0v) is 12.4. The van der Waals surface area contributed by atoms with E-state index in [-0.39, 0.29) is 11.4 Å². The van der Waals surface area contributed by atoms with Crippen LogP contribution in [-0.4, -0.2) is 8.42 Å². The van der Waals surface area contributed by atoms with Crippen LogP contribution in [0.15, 0.2) is 57.9 Å². The number of rotatable bonds is 4. The molecule has 0 fully saturated rings. The number of anilines is 1. The lowest BCUT2D eigenvalue weighted by atomic mass is 10.2. The summed E-state index contributed by atoms with van der Waals surface area (Å²) >= 11 is 3.27. The summed E-state index contributed by atoms with van der Waals surface area (Å²) in [5.41, 5.74) is 7.09. The lowest BCUT2D eigenvalue weighted by molar-refractivity contribution is 0.581. The van der Waals surface area contributed by atoms with E-state index in [1.54, 1.807) is 36.4 Å². The van der Waals surface area contributed by atoms with Gasteiger partial charge in [0.25, 0.3) is 0 Å². The predicted octanol–water partition coefficient (Wildman–Crippen LogP) is 2.51. The highest BCUT2D eigenvalue weighted by molar-refractivity contribution is 9.10. The lowest BCUT2D eigenvalue weighted by Gasteiger charge is -2.08. The fourth-order valence-corrected chi connectivity index (χ4v) is 2.84. The Kier molecular flexibility index (Phi) is 4.24. The molecule has 6 heteroatoms. The van der Waals surface area contributed by atoms with E-state index in [0.717, 1.165) is 10.0 Å². The summed E-state index contributed by atoms with van der Waals surface area (Å²) in [7, 11) is -3.52. The molecule has 0 saturated heterocycles. The summed E-state index contributed by atoms with van der Waals surface area (Å²) in [5.74, 6) is 0. The first kappa shape index (κ1) is 14.0. The Hall–Kier alpha value is -1.37. The summed E-state index contributed by atoms with van der Waals surface area (Å²) < 4.78 is 27.5. The zero-order valence-electron chi connectivity index (χ0n) is 10.0. The third-order valence-corrected chi connectivity index (χ3v) is 4.58. The molecule has 2 rings (SSSR count). The molecule has 0 saturated carbocycles. The van der Waals surface area contributed by atoms with Gasteiger partial charge in [-0.2, -0.15) is 0 Å². The van der Waals surface area contributed by atoms with Gasteiger partial charge in [0.15, 0.2) is 0 Å². The van der Waals surface area contributed by atoms with Gasteiger partial charge in [0.05, 0.1) is 4.90 Å². The lowest BCUT2D eigenvalue weighted by Crippen LogP contribution is -2.23. The van der Waals surface area contributed by atoms with Crippen molar-refractivity contribution in [1.29, 1.82) is 0 Å². The minimum absolute atomic E-state index is 0.172. The minimum Gasteiger partial charge on any atom is -0.398 e. The molecule has 100 valence electrons. The van der Waals surface area contributed by atoms with Gasteiger partial charge in [-0.05, 0) is 35.9 Å². The molecule has 0 aliphatic rings. The Labute approximate surface area is 120 Å². The Bertz CT molecular complexity index is 669. The van der Waals surface area contributed by atoms with Crippen LogP contribution in [0.3, 0.4) is 0 Å². The average molecular weight is 341 g/mol. The van der Waals surface area contributed by atoms with E-state index in [0.29, 0.717) is 5.69 Å². The summed E-state index contributed by atoms with van der Waals surface area (Å²) in [6, 6.07) is 13.6. The van der Waals surface area contributed by atoms with Crippen molar-refractivity contribution in [2.24, 2.45) is 0 Å². The van der Waals surface area contributed by atoms with E-state index >= 15 is 0 Å². The molecular weight excluding hydrogens is 328 g/mol. The third-order valence-electron chi connectivity index (χ3n) is 2.63. The molecule has 4 nitrogen and oxygen atoms in total. The van der Waals surface area contributed by atoms with Gasteiger partial charge in [-0.15, -0.1) is 0 Å². The third kappa shape index (κ3) is 3.56. The van der Waals surface area contributed by atoms with Gasteiger partial charge >= 0.3 is 0 Å². The molecule has 0 aliphatic carbocycles. The zero-order chi connectivity index (χ0) is 13.9. The number of nitrogens with one attached hydrogen (secondary N) is 1. The first-order valence-electron chi connectivity index (χ1n) is 5.58. The molecule has 2 aromatic carbocycles.